The molecule has 1 N–H and O–H groups in total. The molecule has 1 heterocycles. The normalized spacial score (nSPS) is 13.7. The van der Waals surface area contributed by atoms with Crippen molar-refractivity contribution in [1.29, 1.82) is 0 Å². The van der Waals surface area contributed by atoms with Crippen LogP contribution in [0.1, 0.15) is 19.6 Å². The van der Waals surface area contributed by atoms with Crippen LogP contribution in [0.2, 0.25) is 0 Å². The summed E-state index contributed by atoms with van der Waals surface area (Å²) in [6.45, 7) is 4.01. The highest BCUT2D eigenvalue weighted by atomic mass is 32.2. The van der Waals surface area contributed by atoms with Gasteiger partial charge in [0.1, 0.15) is 11.8 Å². The number of nitrogens with one attached hydrogen (secondary N) is 1. The molecule has 1 aromatic heterocycles. The zero-order valence-electron chi connectivity index (χ0n) is 12.9. The highest BCUT2D eigenvalue weighted by Gasteiger charge is 2.24. The SMILES string of the molecule is COC(=O)C(NCc1ccc(S(=O)(=O)N(C)C)o1)C(C)C. The van der Waals surface area contributed by atoms with Crippen LogP contribution in [0.3, 0.4) is 0 Å². The molecule has 0 saturated carbocycles. The van der Waals surface area contributed by atoms with Crippen LogP contribution in [0, 0.1) is 5.92 Å². The van der Waals surface area contributed by atoms with Crippen LogP contribution in [0.5, 0.6) is 0 Å². The van der Waals surface area contributed by atoms with Crippen molar-refractivity contribution in [2.24, 2.45) is 5.92 Å². The zero-order chi connectivity index (χ0) is 16.2. The molecular formula is C13H22N2O5S. The lowest BCUT2D eigenvalue weighted by atomic mass is 10.0. The molecule has 0 aliphatic heterocycles. The third-order valence-electron chi connectivity index (χ3n) is 2.99. The first-order valence-electron chi connectivity index (χ1n) is 6.52. The number of carbonyl (C=O) groups is 1. The minimum atomic E-state index is -3.58. The smallest absolute Gasteiger partial charge is 0.323 e. The second-order valence-corrected chi connectivity index (χ2v) is 7.22. The summed E-state index contributed by atoms with van der Waals surface area (Å²) in [5.74, 6) is 0.111. The van der Waals surface area contributed by atoms with Gasteiger partial charge >= 0.3 is 5.97 Å². The summed E-state index contributed by atoms with van der Waals surface area (Å²) in [5.41, 5.74) is 0. The number of esters is 1. The summed E-state index contributed by atoms with van der Waals surface area (Å²) in [7, 11) is 0.607. The van der Waals surface area contributed by atoms with Crippen LogP contribution in [0.25, 0.3) is 0 Å². The highest BCUT2D eigenvalue weighted by molar-refractivity contribution is 7.88. The second kappa shape index (κ2) is 7.06. The first-order valence-corrected chi connectivity index (χ1v) is 7.96. The lowest BCUT2D eigenvalue weighted by Crippen LogP contribution is -2.41. The fourth-order valence-electron chi connectivity index (χ4n) is 1.70. The molecule has 0 aromatic carbocycles. The minimum Gasteiger partial charge on any atom is -0.468 e. The standard InChI is InChI=1S/C13H22N2O5S/c1-9(2)12(13(16)19-5)14-8-10-6-7-11(20-10)21(17,18)15(3)4/h6-7,9,12,14H,8H2,1-5H3. The fourth-order valence-corrected chi connectivity index (χ4v) is 2.51. The Labute approximate surface area is 125 Å². The average molecular weight is 318 g/mol. The predicted molar refractivity (Wildman–Crippen MR) is 77.1 cm³/mol. The average Bonchev–Trinajstić information content (AvgIpc) is 2.87. The van der Waals surface area contributed by atoms with E-state index >= 15 is 0 Å². The monoisotopic (exact) mass is 318 g/mol. The Hall–Kier alpha value is -1.38. The molecule has 1 atom stereocenters. The molecule has 1 aromatic rings. The molecule has 0 fully saturated rings. The second-order valence-electron chi connectivity index (χ2n) is 5.13. The Bertz CT molecular complexity index is 577. The lowest BCUT2D eigenvalue weighted by Gasteiger charge is -2.19. The van der Waals surface area contributed by atoms with Gasteiger partial charge in [0.15, 0.2) is 0 Å². The highest BCUT2D eigenvalue weighted by Crippen LogP contribution is 2.17. The zero-order valence-corrected chi connectivity index (χ0v) is 13.7. The molecule has 7 nitrogen and oxygen atoms in total. The van der Waals surface area contributed by atoms with E-state index < -0.39 is 16.1 Å². The van der Waals surface area contributed by atoms with E-state index in [4.69, 9.17) is 9.15 Å². The Kier molecular flexibility index (Phi) is 5.94. The van der Waals surface area contributed by atoms with Crippen molar-refractivity contribution in [3.8, 4) is 0 Å². The molecule has 21 heavy (non-hydrogen) atoms. The predicted octanol–water partition coefficient (Wildman–Crippen LogP) is 0.817. The third-order valence-corrected chi connectivity index (χ3v) is 4.68. The van der Waals surface area contributed by atoms with Gasteiger partial charge in [-0.3, -0.25) is 10.1 Å². The number of rotatable bonds is 7. The molecule has 120 valence electrons. The van der Waals surface area contributed by atoms with Crippen LogP contribution in [0.15, 0.2) is 21.6 Å². The van der Waals surface area contributed by atoms with Gasteiger partial charge in [0.2, 0.25) is 5.09 Å². The quantitative estimate of drug-likeness (QED) is 0.749. The van der Waals surface area contributed by atoms with Gasteiger partial charge in [-0.25, -0.2) is 12.7 Å². The van der Waals surface area contributed by atoms with E-state index in [1.807, 2.05) is 13.8 Å². The van der Waals surface area contributed by atoms with Crippen LogP contribution in [-0.4, -0.2) is 45.9 Å². The number of hydrogen-bond donors (Lipinski definition) is 1. The number of nitrogens with zero attached hydrogens (tertiary/aromatic N) is 1. The number of ether oxygens (including phenoxy) is 1. The minimum absolute atomic E-state index is 0.0393. The summed E-state index contributed by atoms with van der Waals surface area (Å²) in [6.07, 6.45) is 0. The molecule has 0 spiro atoms. The van der Waals surface area contributed by atoms with Crippen molar-refractivity contribution in [1.82, 2.24) is 9.62 Å². The van der Waals surface area contributed by atoms with Gasteiger partial charge in [0, 0.05) is 14.1 Å². The van der Waals surface area contributed by atoms with E-state index in [-0.39, 0.29) is 23.5 Å². The van der Waals surface area contributed by atoms with Gasteiger partial charge in [-0.1, -0.05) is 13.8 Å². The van der Waals surface area contributed by atoms with Gasteiger partial charge in [-0.2, -0.15) is 0 Å². The number of hydrogen-bond acceptors (Lipinski definition) is 6. The summed E-state index contributed by atoms with van der Waals surface area (Å²) in [4.78, 5) is 11.6. The van der Waals surface area contributed by atoms with Crippen LogP contribution >= 0.6 is 0 Å². The van der Waals surface area contributed by atoms with Crippen molar-refractivity contribution in [2.45, 2.75) is 31.5 Å². The van der Waals surface area contributed by atoms with Gasteiger partial charge in [0.05, 0.1) is 13.7 Å². The Morgan fingerprint density at radius 2 is 2.00 bits per heavy atom. The summed E-state index contributed by atoms with van der Waals surface area (Å²) in [5, 5.41) is 2.88. The third kappa shape index (κ3) is 4.29. The molecule has 8 heteroatoms. The molecule has 0 amide bonds. The first-order chi connectivity index (χ1) is 9.70. The van der Waals surface area contributed by atoms with Crippen LogP contribution in [0.4, 0.5) is 0 Å². The molecular weight excluding hydrogens is 296 g/mol. The molecule has 0 radical (unpaired) electrons. The van der Waals surface area contributed by atoms with E-state index in [1.54, 1.807) is 6.07 Å². The topological polar surface area (TPSA) is 88.8 Å². The Balaban J connectivity index is 2.78. The van der Waals surface area contributed by atoms with E-state index in [0.29, 0.717) is 5.76 Å². The number of furan rings is 1. The van der Waals surface area contributed by atoms with Crippen molar-refractivity contribution in [2.75, 3.05) is 21.2 Å². The van der Waals surface area contributed by atoms with Gasteiger partial charge in [-0.05, 0) is 18.1 Å². The molecule has 0 bridgehead atoms. The maximum atomic E-state index is 11.9. The molecule has 1 unspecified atom stereocenters. The van der Waals surface area contributed by atoms with Crippen molar-refractivity contribution >= 4 is 16.0 Å². The fraction of sp³-hybridized carbons (Fsp3) is 0.615. The van der Waals surface area contributed by atoms with Gasteiger partial charge in [0.25, 0.3) is 10.0 Å². The molecule has 0 aliphatic rings. The van der Waals surface area contributed by atoms with Crippen molar-refractivity contribution in [3.05, 3.63) is 17.9 Å². The van der Waals surface area contributed by atoms with E-state index in [1.165, 1.54) is 27.3 Å². The molecule has 1 rings (SSSR count). The molecule has 0 saturated heterocycles. The van der Waals surface area contributed by atoms with Crippen LogP contribution in [-0.2, 0) is 26.1 Å². The number of carbonyl (C=O) groups excluding carboxylic acids is 1. The van der Waals surface area contributed by atoms with E-state index in [9.17, 15) is 13.2 Å². The summed E-state index contributed by atoms with van der Waals surface area (Å²) >= 11 is 0. The summed E-state index contributed by atoms with van der Waals surface area (Å²) in [6, 6.07) is 2.49. The van der Waals surface area contributed by atoms with E-state index in [2.05, 4.69) is 5.32 Å². The Morgan fingerprint density at radius 3 is 2.48 bits per heavy atom. The number of sulfonamides is 1. The maximum Gasteiger partial charge on any atom is 0.323 e. The Morgan fingerprint density at radius 1 is 1.38 bits per heavy atom. The van der Waals surface area contributed by atoms with Gasteiger partial charge < -0.3 is 9.15 Å². The lowest BCUT2D eigenvalue weighted by molar-refractivity contribution is -0.144. The van der Waals surface area contributed by atoms with E-state index in [0.717, 1.165) is 4.31 Å². The first kappa shape index (κ1) is 17.7. The van der Waals surface area contributed by atoms with Crippen molar-refractivity contribution in [3.63, 3.8) is 0 Å². The largest absolute Gasteiger partial charge is 0.468 e. The van der Waals surface area contributed by atoms with Gasteiger partial charge in [-0.15, -0.1) is 0 Å². The molecule has 0 aliphatic carbocycles. The van der Waals surface area contributed by atoms with Crippen molar-refractivity contribution < 1.29 is 22.4 Å². The maximum absolute atomic E-state index is 11.9. The van der Waals surface area contributed by atoms with Crippen LogP contribution < -0.4 is 5.32 Å². The number of methoxy groups -OCH3 is 1. The summed E-state index contributed by atoms with van der Waals surface area (Å²) < 4.78 is 34.9.